The molecular formula is C15H21NO4. The van der Waals surface area contributed by atoms with Gasteiger partial charge in [0.25, 0.3) is 0 Å². The second-order valence-corrected chi connectivity index (χ2v) is 6.25. The zero-order valence-electron chi connectivity index (χ0n) is 11.7. The summed E-state index contributed by atoms with van der Waals surface area (Å²) in [5, 5.41) is 9.60. The summed E-state index contributed by atoms with van der Waals surface area (Å²) in [5.74, 6) is -0.137. The standard InChI is InChI=1S/C15H21NO4/c1-20-9-15(14(18)19)5-2-6-16(15)13(17)12-8-10-3-4-11(12)7-10/h3-4,10-12H,2,5-9H2,1H3,(H,18,19). The smallest absolute Gasteiger partial charge is 0.332 e. The van der Waals surface area contributed by atoms with E-state index in [-0.39, 0.29) is 18.4 Å². The Hall–Kier alpha value is -1.36. The number of methoxy groups -OCH3 is 1. The maximum Gasteiger partial charge on any atom is 0.332 e. The molecule has 110 valence electrons. The van der Waals surface area contributed by atoms with Gasteiger partial charge in [-0.1, -0.05) is 12.2 Å². The SMILES string of the molecule is COCC1(C(=O)O)CCCN1C(=O)C1CC2C=CC1C2. The van der Waals surface area contributed by atoms with Crippen LogP contribution in [0.3, 0.4) is 0 Å². The topological polar surface area (TPSA) is 66.8 Å². The molecule has 2 aliphatic carbocycles. The number of carbonyl (C=O) groups excluding carboxylic acids is 1. The minimum atomic E-state index is -1.16. The molecule has 1 aliphatic heterocycles. The van der Waals surface area contributed by atoms with E-state index in [1.54, 1.807) is 4.90 Å². The average Bonchev–Trinajstić information content (AvgIpc) is 3.12. The second kappa shape index (κ2) is 4.88. The number of carboxylic acids is 1. The van der Waals surface area contributed by atoms with Crippen molar-refractivity contribution in [3.05, 3.63) is 12.2 Å². The van der Waals surface area contributed by atoms with E-state index in [1.807, 2.05) is 0 Å². The molecule has 0 aromatic carbocycles. The van der Waals surface area contributed by atoms with Gasteiger partial charge in [0.05, 0.1) is 6.61 Å². The molecule has 0 aromatic rings. The third-order valence-electron chi connectivity index (χ3n) is 5.13. The lowest BCUT2D eigenvalue weighted by Crippen LogP contribution is -2.57. The number of fused-ring (bicyclic) bond motifs is 2. The van der Waals surface area contributed by atoms with Crippen LogP contribution in [0.2, 0.25) is 0 Å². The Kier molecular flexibility index (Phi) is 3.32. The van der Waals surface area contributed by atoms with Crippen molar-refractivity contribution in [2.75, 3.05) is 20.3 Å². The highest BCUT2D eigenvalue weighted by atomic mass is 16.5. The Morgan fingerprint density at radius 2 is 2.20 bits per heavy atom. The number of ether oxygens (including phenoxy) is 1. The van der Waals surface area contributed by atoms with Crippen molar-refractivity contribution < 1.29 is 19.4 Å². The van der Waals surface area contributed by atoms with Crippen LogP contribution >= 0.6 is 0 Å². The summed E-state index contributed by atoms with van der Waals surface area (Å²) in [7, 11) is 1.49. The summed E-state index contributed by atoms with van der Waals surface area (Å²) in [6, 6.07) is 0. The normalized spacial score (nSPS) is 38.6. The van der Waals surface area contributed by atoms with Crippen molar-refractivity contribution >= 4 is 11.9 Å². The van der Waals surface area contributed by atoms with Crippen LogP contribution in [0.25, 0.3) is 0 Å². The Bertz CT molecular complexity index is 461. The number of hydrogen-bond acceptors (Lipinski definition) is 3. The van der Waals surface area contributed by atoms with E-state index < -0.39 is 11.5 Å². The Morgan fingerprint density at radius 1 is 1.40 bits per heavy atom. The molecule has 5 heteroatoms. The summed E-state index contributed by atoms with van der Waals surface area (Å²) in [6.07, 6.45) is 7.47. The van der Waals surface area contributed by atoms with Crippen LogP contribution < -0.4 is 0 Å². The number of carbonyl (C=O) groups is 2. The van der Waals surface area contributed by atoms with Crippen molar-refractivity contribution in [1.82, 2.24) is 4.90 Å². The molecule has 0 spiro atoms. The van der Waals surface area contributed by atoms with Crippen LogP contribution in [-0.4, -0.2) is 47.7 Å². The predicted octanol–water partition coefficient (Wildman–Crippen LogP) is 1.29. The predicted molar refractivity (Wildman–Crippen MR) is 72.0 cm³/mol. The van der Waals surface area contributed by atoms with Gasteiger partial charge >= 0.3 is 5.97 Å². The molecule has 1 saturated carbocycles. The molecule has 1 heterocycles. The van der Waals surface area contributed by atoms with Gasteiger partial charge in [0.2, 0.25) is 5.91 Å². The van der Waals surface area contributed by atoms with E-state index in [0.717, 1.165) is 19.3 Å². The van der Waals surface area contributed by atoms with Gasteiger partial charge < -0.3 is 14.7 Å². The number of nitrogens with zero attached hydrogens (tertiary/aromatic N) is 1. The molecule has 2 bridgehead atoms. The Balaban J connectivity index is 1.82. The molecule has 1 N–H and O–H groups in total. The molecule has 1 amide bonds. The van der Waals surface area contributed by atoms with Crippen LogP contribution in [0, 0.1) is 17.8 Å². The lowest BCUT2D eigenvalue weighted by Gasteiger charge is -2.36. The quantitative estimate of drug-likeness (QED) is 0.787. The van der Waals surface area contributed by atoms with Crippen molar-refractivity contribution in [3.63, 3.8) is 0 Å². The lowest BCUT2D eigenvalue weighted by molar-refractivity contribution is -0.162. The zero-order valence-corrected chi connectivity index (χ0v) is 11.7. The van der Waals surface area contributed by atoms with E-state index in [9.17, 15) is 14.7 Å². The highest BCUT2D eigenvalue weighted by molar-refractivity contribution is 5.89. The third kappa shape index (κ3) is 1.87. The van der Waals surface area contributed by atoms with Crippen molar-refractivity contribution in [2.24, 2.45) is 17.8 Å². The molecule has 3 rings (SSSR count). The Morgan fingerprint density at radius 3 is 2.75 bits per heavy atom. The summed E-state index contributed by atoms with van der Waals surface area (Å²) in [4.78, 5) is 26.1. The molecule has 20 heavy (non-hydrogen) atoms. The van der Waals surface area contributed by atoms with Crippen LogP contribution in [0.1, 0.15) is 25.7 Å². The van der Waals surface area contributed by atoms with Gasteiger partial charge in [-0.15, -0.1) is 0 Å². The van der Waals surface area contributed by atoms with E-state index in [0.29, 0.717) is 24.8 Å². The van der Waals surface area contributed by atoms with E-state index in [1.165, 1.54) is 7.11 Å². The summed E-state index contributed by atoms with van der Waals surface area (Å²) >= 11 is 0. The number of carboxylic acid groups (broad SMARTS) is 1. The largest absolute Gasteiger partial charge is 0.479 e. The summed E-state index contributed by atoms with van der Waals surface area (Å²) < 4.78 is 5.11. The van der Waals surface area contributed by atoms with Gasteiger partial charge in [-0.25, -0.2) is 4.79 Å². The van der Waals surface area contributed by atoms with Gasteiger partial charge in [0, 0.05) is 19.6 Å². The first-order valence-electron chi connectivity index (χ1n) is 7.30. The molecular weight excluding hydrogens is 258 g/mol. The highest BCUT2D eigenvalue weighted by Gasteiger charge is 2.53. The fraction of sp³-hybridized carbons (Fsp3) is 0.733. The van der Waals surface area contributed by atoms with E-state index in [4.69, 9.17) is 4.74 Å². The number of aliphatic carboxylic acids is 1. The van der Waals surface area contributed by atoms with Crippen LogP contribution in [0.15, 0.2) is 12.2 Å². The van der Waals surface area contributed by atoms with Gasteiger partial charge in [0.1, 0.15) is 0 Å². The third-order valence-corrected chi connectivity index (χ3v) is 5.13. The molecule has 5 nitrogen and oxygen atoms in total. The number of rotatable bonds is 4. The van der Waals surface area contributed by atoms with Crippen LogP contribution in [0.5, 0.6) is 0 Å². The molecule has 0 aromatic heterocycles. The number of likely N-dealkylation sites (tertiary alicyclic amines) is 1. The van der Waals surface area contributed by atoms with Crippen molar-refractivity contribution in [2.45, 2.75) is 31.2 Å². The highest BCUT2D eigenvalue weighted by Crippen LogP contribution is 2.45. The lowest BCUT2D eigenvalue weighted by atomic mass is 9.89. The summed E-state index contributed by atoms with van der Waals surface area (Å²) in [5.41, 5.74) is -1.16. The minimum Gasteiger partial charge on any atom is -0.479 e. The number of amides is 1. The summed E-state index contributed by atoms with van der Waals surface area (Å²) in [6.45, 7) is 0.608. The first-order valence-corrected chi connectivity index (χ1v) is 7.30. The zero-order chi connectivity index (χ0) is 14.3. The van der Waals surface area contributed by atoms with Crippen LogP contribution in [-0.2, 0) is 14.3 Å². The molecule has 4 unspecified atom stereocenters. The fourth-order valence-corrected chi connectivity index (χ4v) is 4.14. The van der Waals surface area contributed by atoms with E-state index in [2.05, 4.69) is 12.2 Å². The minimum absolute atomic E-state index is 0.0128. The molecule has 0 radical (unpaired) electrons. The van der Waals surface area contributed by atoms with Gasteiger partial charge in [-0.3, -0.25) is 4.79 Å². The van der Waals surface area contributed by atoms with Crippen LogP contribution in [0.4, 0.5) is 0 Å². The van der Waals surface area contributed by atoms with Crippen molar-refractivity contribution in [3.8, 4) is 0 Å². The molecule has 3 aliphatic rings. The first-order chi connectivity index (χ1) is 9.58. The van der Waals surface area contributed by atoms with Gasteiger partial charge in [-0.2, -0.15) is 0 Å². The van der Waals surface area contributed by atoms with Crippen molar-refractivity contribution in [1.29, 1.82) is 0 Å². The number of hydrogen-bond donors (Lipinski definition) is 1. The number of allylic oxidation sites excluding steroid dienone is 2. The second-order valence-electron chi connectivity index (χ2n) is 6.25. The average molecular weight is 279 g/mol. The fourth-order valence-electron chi connectivity index (χ4n) is 4.14. The molecule has 2 fully saturated rings. The first kappa shape index (κ1) is 13.6. The molecule has 1 saturated heterocycles. The maximum atomic E-state index is 12.8. The molecule has 4 atom stereocenters. The monoisotopic (exact) mass is 279 g/mol. The van der Waals surface area contributed by atoms with Gasteiger partial charge in [0.15, 0.2) is 5.54 Å². The van der Waals surface area contributed by atoms with Gasteiger partial charge in [-0.05, 0) is 37.5 Å². The van der Waals surface area contributed by atoms with E-state index >= 15 is 0 Å². The maximum absolute atomic E-state index is 12.8. The Labute approximate surface area is 118 Å².